The van der Waals surface area contributed by atoms with Crippen molar-refractivity contribution in [2.75, 3.05) is 5.73 Å². The maximum absolute atomic E-state index is 12.2. The van der Waals surface area contributed by atoms with Crippen LogP contribution in [0.2, 0.25) is 0 Å². The average molecular weight is 276 g/mol. The summed E-state index contributed by atoms with van der Waals surface area (Å²) >= 11 is 0. The zero-order valence-electron chi connectivity index (χ0n) is 12.5. The molecule has 1 aromatic heterocycles. The summed E-state index contributed by atoms with van der Waals surface area (Å²) in [6, 6.07) is 3.29. The molecule has 1 aliphatic rings. The smallest absolute Gasteiger partial charge is 0.339 e. The predicted octanol–water partition coefficient (Wildman–Crippen LogP) is 3.28. The van der Waals surface area contributed by atoms with E-state index in [-0.39, 0.29) is 12.1 Å². The Balaban J connectivity index is 2.05. The molecule has 0 aromatic carbocycles. The Hall–Kier alpha value is -1.58. The fourth-order valence-corrected chi connectivity index (χ4v) is 2.98. The van der Waals surface area contributed by atoms with Gasteiger partial charge in [-0.05, 0) is 42.7 Å². The summed E-state index contributed by atoms with van der Waals surface area (Å²) in [7, 11) is 0. The number of hydrogen-bond donors (Lipinski definition) is 1. The molecule has 2 N–H and O–H groups in total. The van der Waals surface area contributed by atoms with Gasteiger partial charge in [-0.15, -0.1) is 0 Å². The standard InChI is InChI=1S/C16H24N2O2/c1-10(2)13-6-4-11(3)8-14(13)20-16(19)12-5-7-15(17)18-9-12/h5,7,9-11,13-14H,4,6,8H2,1-3H3,(H2,17,18). The number of carbonyl (C=O) groups excluding carboxylic acids is 1. The van der Waals surface area contributed by atoms with Gasteiger partial charge in [-0.1, -0.05) is 27.2 Å². The molecular weight excluding hydrogens is 252 g/mol. The van der Waals surface area contributed by atoms with Gasteiger partial charge in [0.15, 0.2) is 0 Å². The highest BCUT2D eigenvalue weighted by Gasteiger charge is 2.33. The normalized spacial score (nSPS) is 26.5. The van der Waals surface area contributed by atoms with Crippen LogP contribution >= 0.6 is 0 Å². The molecule has 0 radical (unpaired) electrons. The van der Waals surface area contributed by atoms with E-state index in [9.17, 15) is 4.79 Å². The number of anilines is 1. The highest BCUT2D eigenvalue weighted by Crippen LogP contribution is 2.35. The molecular formula is C16H24N2O2. The largest absolute Gasteiger partial charge is 0.458 e. The van der Waals surface area contributed by atoms with Crippen LogP contribution < -0.4 is 5.73 Å². The number of hydrogen-bond acceptors (Lipinski definition) is 4. The van der Waals surface area contributed by atoms with Gasteiger partial charge in [-0.25, -0.2) is 9.78 Å². The van der Waals surface area contributed by atoms with E-state index < -0.39 is 0 Å². The molecule has 0 spiro atoms. The first-order valence-corrected chi connectivity index (χ1v) is 7.40. The Labute approximate surface area is 120 Å². The van der Waals surface area contributed by atoms with Crippen molar-refractivity contribution in [1.29, 1.82) is 0 Å². The maximum atomic E-state index is 12.2. The highest BCUT2D eigenvalue weighted by atomic mass is 16.5. The lowest BCUT2D eigenvalue weighted by Gasteiger charge is -2.36. The second kappa shape index (κ2) is 6.25. The number of nitrogens with zero attached hydrogens (tertiary/aromatic N) is 1. The van der Waals surface area contributed by atoms with Gasteiger partial charge in [0.25, 0.3) is 0 Å². The zero-order valence-corrected chi connectivity index (χ0v) is 12.5. The molecule has 2 rings (SSSR count). The highest BCUT2D eigenvalue weighted by molar-refractivity contribution is 5.89. The molecule has 0 aliphatic heterocycles. The number of nitrogens with two attached hydrogens (primary N) is 1. The molecule has 0 amide bonds. The van der Waals surface area contributed by atoms with Crippen LogP contribution in [-0.2, 0) is 4.74 Å². The summed E-state index contributed by atoms with van der Waals surface area (Å²) in [4.78, 5) is 16.1. The minimum absolute atomic E-state index is 0.0174. The third-order valence-electron chi connectivity index (χ3n) is 4.24. The van der Waals surface area contributed by atoms with Crippen molar-refractivity contribution in [3.63, 3.8) is 0 Å². The first kappa shape index (κ1) is 14.8. The first-order chi connectivity index (χ1) is 9.47. The van der Waals surface area contributed by atoms with Crippen molar-refractivity contribution in [2.24, 2.45) is 17.8 Å². The second-order valence-corrected chi connectivity index (χ2v) is 6.24. The fourth-order valence-electron chi connectivity index (χ4n) is 2.98. The van der Waals surface area contributed by atoms with E-state index >= 15 is 0 Å². The molecule has 20 heavy (non-hydrogen) atoms. The summed E-state index contributed by atoms with van der Waals surface area (Å²) < 4.78 is 5.74. The summed E-state index contributed by atoms with van der Waals surface area (Å²) in [6.07, 6.45) is 4.81. The summed E-state index contributed by atoms with van der Waals surface area (Å²) in [6.45, 7) is 6.63. The summed E-state index contributed by atoms with van der Waals surface area (Å²) in [5, 5.41) is 0. The predicted molar refractivity (Wildman–Crippen MR) is 79.2 cm³/mol. The van der Waals surface area contributed by atoms with Crippen LogP contribution in [0.4, 0.5) is 5.82 Å². The van der Waals surface area contributed by atoms with E-state index in [0.717, 1.165) is 12.8 Å². The van der Waals surface area contributed by atoms with Gasteiger partial charge >= 0.3 is 5.97 Å². The number of aromatic nitrogens is 1. The third kappa shape index (κ3) is 3.50. The van der Waals surface area contributed by atoms with Gasteiger partial charge in [0, 0.05) is 6.20 Å². The van der Waals surface area contributed by atoms with E-state index in [0.29, 0.717) is 29.1 Å². The molecule has 3 atom stereocenters. The van der Waals surface area contributed by atoms with Gasteiger partial charge in [0.2, 0.25) is 0 Å². The van der Waals surface area contributed by atoms with Crippen LogP contribution in [0.15, 0.2) is 18.3 Å². The summed E-state index contributed by atoms with van der Waals surface area (Å²) in [5.74, 6) is 1.73. The molecule has 1 heterocycles. The van der Waals surface area contributed by atoms with E-state index in [1.54, 1.807) is 12.1 Å². The molecule has 1 saturated carbocycles. The minimum atomic E-state index is -0.290. The van der Waals surface area contributed by atoms with Crippen LogP contribution in [0.3, 0.4) is 0 Å². The van der Waals surface area contributed by atoms with Crippen molar-refractivity contribution in [1.82, 2.24) is 4.98 Å². The van der Waals surface area contributed by atoms with Crippen LogP contribution in [0, 0.1) is 17.8 Å². The van der Waals surface area contributed by atoms with Crippen LogP contribution in [0.5, 0.6) is 0 Å². The monoisotopic (exact) mass is 276 g/mol. The number of carbonyl (C=O) groups is 1. The van der Waals surface area contributed by atoms with E-state index in [1.807, 2.05) is 0 Å². The lowest BCUT2D eigenvalue weighted by atomic mass is 9.75. The Morgan fingerprint density at radius 2 is 2.15 bits per heavy atom. The third-order valence-corrected chi connectivity index (χ3v) is 4.24. The maximum Gasteiger partial charge on any atom is 0.339 e. The lowest BCUT2D eigenvalue weighted by molar-refractivity contribution is -0.0174. The molecule has 1 aliphatic carbocycles. The van der Waals surface area contributed by atoms with Crippen LogP contribution in [0.25, 0.3) is 0 Å². The second-order valence-electron chi connectivity index (χ2n) is 6.24. The zero-order chi connectivity index (χ0) is 14.7. The van der Waals surface area contributed by atoms with Gasteiger partial charge in [-0.2, -0.15) is 0 Å². The molecule has 1 aromatic rings. The number of rotatable bonds is 3. The van der Waals surface area contributed by atoms with Crippen LogP contribution in [-0.4, -0.2) is 17.1 Å². The molecule has 0 saturated heterocycles. The molecule has 3 unspecified atom stereocenters. The lowest BCUT2D eigenvalue weighted by Crippen LogP contribution is -2.35. The van der Waals surface area contributed by atoms with Gasteiger partial charge in [0.1, 0.15) is 11.9 Å². The fraction of sp³-hybridized carbons (Fsp3) is 0.625. The number of ether oxygens (including phenoxy) is 1. The van der Waals surface area contributed by atoms with Crippen molar-refractivity contribution < 1.29 is 9.53 Å². The van der Waals surface area contributed by atoms with Crippen molar-refractivity contribution >= 4 is 11.8 Å². The van der Waals surface area contributed by atoms with E-state index in [2.05, 4.69) is 25.8 Å². The number of pyridine rings is 1. The van der Waals surface area contributed by atoms with Crippen molar-refractivity contribution in [3.8, 4) is 0 Å². The van der Waals surface area contributed by atoms with E-state index in [1.165, 1.54) is 12.6 Å². The molecule has 4 heteroatoms. The number of nitrogen functional groups attached to an aromatic ring is 1. The Kier molecular flexibility index (Phi) is 4.63. The topological polar surface area (TPSA) is 65.2 Å². The SMILES string of the molecule is CC1CCC(C(C)C)C(OC(=O)c2ccc(N)nc2)C1. The van der Waals surface area contributed by atoms with Crippen molar-refractivity contribution in [3.05, 3.63) is 23.9 Å². The number of esters is 1. The molecule has 0 bridgehead atoms. The first-order valence-electron chi connectivity index (χ1n) is 7.40. The Morgan fingerprint density at radius 1 is 1.40 bits per heavy atom. The van der Waals surface area contributed by atoms with Crippen molar-refractivity contribution in [2.45, 2.75) is 46.1 Å². The van der Waals surface area contributed by atoms with Crippen LogP contribution in [0.1, 0.15) is 50.4 Å². The molecule has 1 fully saturated rings. The Bertz CT molecular complexity index is 456. The van der Waals surface area contributed by atoms with Gasteiger partial charge in [0.05, 0.1) is 5.56 Å². The Morgan fingerprint density at radius 3 is 2.75 bits per heavy atom. The van der Waals surface area contributed by atoms with Gasteiger partial charge in [-0.3, -0.25) is 0 Å². The average Bonchev–Trinajstić information content (AvgIpc) is 2.39. The molecule has 110 valence electrons. The summed E-state index contributed by atoms with van der Waals surface area (Å²) in [5.41, 5.74) is 6.00. The minimum Gasteiger partial charge on any atom is -0.458 e. The molecule has 4 nitrogen and oxygen atoms in total. The quantitative estimate of drug-likeness (QED) is 0.860. The van der Waals surface area contributed by atoms with E-state index in [4.69, 9.17) is 10.5 Å². The van der Waals surface area contributed by atoms with Gasteiger partial charge < -0.3 is 10.5 Å².